The molecule has 1 unspecified atom stereocenters. The SMILES string of the molecule is CN(CC1CC=CCC1)CC1(O)CCCC1. The second kappa shape index (κ2) is 5.33. The van der Waals surface area contributed by atoms with Crippen LogP contribution in [0.4, 0.5) is 0 Å². The van der Waals surface area contributed by atoms with Gasteiger partial charge in [0.2, 0.25) is 0 Å². The topological polar surface area (TPSA) is 23.5 Å². The molecular weight excluding hydrogens is 198 g/mol. The van der Waals surface area contributed by atoms with E-state index in [1.807, 2.05) is 0 Å². The first kappa shape index (κ1) is 12.1. The molecule has 16 heavy (non-hydrogen) atoms. The number of nitrogens with zero attached hydrogens (tertiary/aromatic N) is 1. The Bertz CT molecular complexity index is 243. The first-order chi connectivity index (χ1) is 7.68. The third kappa shape index (κ3) is 3.33. The highest BCUT2D eigenvalue weighted by atomic mass is 16.3. The van der Waals surface area contributed by atoms with Gasteiger partial charge in [-0.15, -0.1) is 0 Å². The highest BCUT2D eigenvalue weighted by Gasteiger charge is 2.32. The minimum absolute atomic E-state index is 0.376. The van der Waals surface area contributed by atoms with Gasteiger partial charge < -0.3 is 10.0 Å². The van der Waals surface area contributed by atoms with Crippen molar-refractivity contribution in [2.75, 3.05) is 20.1 Å². The molecule has 2 heteroatoms. The van der Waals surface area contributed by atoms with Crippen molar-refractivity contribution in [1.29, 1.82) is 0 Å². The van der Waals surface area contributed by atoms with Gasteiger partial charge in [0.15, 0.2) is 0 Å². The van der Waals surface area contributed by atoms with Crippen LogP contribution in [-0.4, -0.2) is 35.7 Å². The zero-order chi connectivity index (χ0) is 11.4. The van der Waals surface area contributed by atoms with Gasteiger partial charge in [-0.1, -0.05) is 25.0 Å². The van der Waals surface area contributed by atoms with Crippen LogP contribution in [0.1, 0.15) is 44.9 Å². The molecule has 92 valence electrons. The van der Waals surface area contributed by atoms with Gasteiger partial charge in [-0.3, -0.25) is 0 Å². The predicted octanol–water partition coefficient (Wildman–Crippen LogP) is 2.58. The lowest BCUT2D eigenvalue weighted by Crippen LogP contribution is -2.41. The maximum Gasteiger partial charge on any atom is 0.0774 e. The monoisotopic (exact) mass is 223 g/mol. The molecule has 2 rings (SSSR count). The van der Waals surface area contributed by atoms with Gasteiger partial charge in [0.1, 0.15) is 0 Å². The van der Waals surface area contributed by atoms with Crippen LogP contribution in [0.5, 0.6) is 0 Å². The van der Waals surface area contributed by atoms with Crippen molar-refractivity contribution in [3.63, 3.8) is 0 Å². The third-order valence-corrected chi connectivity index (χ3v) is 4.05. The van der Waals surface area contributed by atoms with Crippen LogP contribution in [0, 0.1) is 5.92 Å². The molecule has 0 bridgehead atoms. The number of hydrogen-bond donors (Lipinski definition) is 1. The maximum absolute atomic E-state index is 10.3. The van der Waals surface area contributed by atoms with E-state index in [0.717, 1.165) is 31.8 Å². The minimum Gasteiger partial charge on any atom is -0.389 e. The maximum atomic E-state index is 10.3. The number of aliphatic hydroxyl groups is 1. The van der Waals surface area contributed by atoms with Crippen molar-refractivity contribution in [2.45, 2.75) is 50.5 Å². The van der Waals surface area contributed by atoms with Crippen LogP contribution in [0.15, 0.2) is 12.2 Å². The van der Waals surface area contributed by atoms with Crippen molar-refractivity contribution in [3.05, 3.63) is 12.2 Å². The Morgan fingerprint density at radius 3 is 2.69 bits per heavy atom. The van der Waals surface area contributed by atoms with Crippen molar-refractivity contribution in [2.24, 2.45) is 5.92 Å². The summed E-state index contributed by atoms with van der Waals surface area (Å²) in [6.07, 6.45) is 12.8. The molecule has 2 nitrogen and oxygen atoms in total. The summed E-state index contributed by atoms with van der Waals surface area (Å²) in [6.45, 7) is 2.01. The van der Waals surface area contributed by atoms with Gasteiger partial charge in [0.05, 0.1) is 5.60 Å². The predicted molar refractivity (Wildman–Crippen MR) is 67.4 cm³/mol. The van der Waals surface area contributed by atoms with Crippen LogP contribution < -0.4 is 0 Å². The molecule has 0 aromatic heterocycles. The normalized spacial score (nSPS) is 28.8. The molecule has 1 N–H and O–H groups in total. The molecule has 1 fully saturated rings. The Morgan fingerprint density at radius 2 is 2.06 bits per heavy atom. The van der Waals surface area contributed by atoms with Crippen molar-refractivity contribution in [3.8, 4) is 0 Å². The number of rotatable bonds is 4. The summed E-state index contributed by atoms with van der Waals surface area (Å²) >= 11 is 0. The molecule has 0 spiro atoms. The fourth-order valence-electron chi connectivity index (χ4n) is 3.22. The van der Waals surface area contributed by atoms with Crippen LogP contribution >= 0.6 is 0 Å². The zero-order valence-corrected chi connectivity index (χ0v) is 10.5. The molecule has 1 atom stereocenters. The highest BCUT2D eigenvalue weighted by molar-refractivity contribution is 4.92. The van der Waals surface area contributed by atoms with Gasteiger partial charge in [0, 0.05) is 13.1 Å². The molecule has 2 aliphatic rings. The van der Waals surface area contributed by atoms with Crippen LogP contribution in [0.2, 0.25) is 0 Å². The molecule has 1 saturated carbocycles. The lowest BCUT2D eigenvalue weighted by atomic mass is 9.93. The second-order valence-corrected chi connectivity index (χ2v) is 5.78. The molecule has 0 amide bonds. The molecule has 0 radical (unpaired) electrons. The molecule has 0 aromatic carbocycles. The van der Waals surface area contributed by atoms with Crippen LogP contribution in [0.25, 0.3) is 0 Å². The standard InChI is InChI=1S/C14H25NO/c1-15(11-13-7-3-2-4-8-13)12-14(16)9-5-6-10-14/h2-3,13,16H,4-12H2,1H3. The van der Waals surface area contributed by atoms with Gasteiger partial charge in [-0.05, 0) is 45.1 Å². The smallest absolute Gasteiger partial charge is 0.0774 e. The summed E-state index contributed by atoms with van der Waals surface area (Å²) in [5.74, 6) is 0.806. The Labute approximate surface area is 99.3 Å². The summed E-state index contributed by atoms with van der Waals surface area (Å²) in [6, 6.07) is 0. The van der Waals surface area contributed by atoms with E-state index in [9.17, 15) is 5.11 Å². The quantitative estimate of drug-likeness (QED) is 0.740. The second-order valence-electron chi connectivity index (χ2n) is 5.78. The lowest BCUT2D eigenvalue weighted by molar-refractivity contribution is 0.0126. The van der Waals surface area contributed by atoms with E-state index in [1.54, 1.807) is 0 Å². The molecular formula is C14H25NO. The van der Waals surface area contributed by atoms with E-state index in [0.29, 0.717) is 0 Å². The molecule has 0 aliphatic heterocycles. The highest BCUT2D eigenvalue weighted by Crippen LogP contribution is 2.30. The number of allylic oxidation sites excluding steroid dienone is 2. The minimum atomic E-state index is -0.376. The van der Waals surface area contributed by atoms with Crippen molar-refractivity contribution >= 4 is 0 Å². The Morgan fingerprint density at radius 1 is 1.31 bits per heavy atom. The number of likely N-dealkylation sites (N-methyl/N-ethyl adjacent to an activating group) is 1. The summed E-state index contributed by atoms with van der Waals surface area (Å²) in [5, 5.41) is 10.3. The van der Waals surface area contributed by atoms with E-state index >= 15 is 0 Å². The molecule has 2 aliphatic carbocycles. The number of hydrogen-bond acceptors (Lipinski definition) is 2. The van der Waals surface area contributed by atoms with Gasteiger partial charge in [-0.2, -0.15) is 0 Å². The zero-order valence-electron chi connectivity index (χ0n) is 10.5. The molecule has 0 heterocycles. The van der Waals surface area contributed by atoms with Crippen LogP contribution in [0.3, 0.4) is 0 Å². The average Bonchev–Trinajstić information content (AvgIpc) is 2.66. The summed E-state index contributed by atoms with van der Waals surface area (Å²) in [5.41, 5.74) is -0.376. The van der Waals surface area contributed by atoms with E-state index < -0.39 is 0 Å². The third-order valence-electron chi connectivity index (χ3n) is 4.05. The van der Waals surface area contributed by atoms with Gasteiger partial charge in [-0.25, -0.2) is 0 Å². The average molecular weight is 223 g/mol. The van der Waals surface area contributed by atoms with Crippen molar-refractivity contribution < 1.29 is 5.11 Å². The fraction of sp³-hybridized carbons (Fsp3) is 0.857. The summed E-state index contributed by atoms with van der Waals surface area (Å²) < 4.78 is 0. The van der Waals surface area contributed by atoms with E-state index in [2.05, 4.69) is 24.1 Å². The van der Waals surface area contributed by atoms with Gasteiger partial charge in [0.25, 0.3) is 0 Å². The first-order valence-corrected chi connectivity index (χ1v) is 6.74. The van der Waals surface area contributed by atoms with Gasteiger partial charge >= 0.3 is 0 Å². The lowest BCUT2D eigenvalue weighted by Gasteiger charge is -2.31. The van der Waals surface area contributed by atoms with Crippen LogP contribution in [-0.2, 0) is 0 Å². The fourth-order valence-corrected chi connectivity index (χ4v) is 3.22. The van der Waals surface area contributed by atoms with E-state index in [-0.39, 0.29) is 5.60 Å². The van der Waals surface area contributed by atoms with E-state index in [1.165, 1.54) is 32.1 Å². The largest absolute Gasteiger partial charge is 0.389 e. The Balaban J connectivity index is 1.74. The Kier molecular flexibility index (Phi) is 4.04. The Hall–Kier alpha value is -0.340. The van der Waals surface area contributed by atoms with E-state index in [4.69, 9.17) is 0 Å². The first-order valence-electron chi connectivity index (χ1n) is 6.74. The summed E-state index contributed by atoms with van der Waals surface area (Å²) in [4.78, 5) is 2.34. The molecule has 0 aromatic rings. The molecule has 0 saturated heterocycles. The van der Waals surface area contributed by atoms with Crippen molar-refractivity contribution in [1.82, 2.24) is 4.90 Å². The summed E-state index contributed by atoms with van der Waals surface area (Å²) in [7, 11) is 2.16.